The normalized spacial score (nSPS) is 20.8. The predicted molar refractivity (Wildman–Crippen MR) is 85.8 cm³/mol. The zero-order valence-corrected chi connectivity index (χ0v) is 14.6. The lowest BCUT2D eigenvalue weighted by atomic mass is 10.0. The van der Waals surface area contributed by atoms with Crippen LogP contribution in [-0.2, 0) is 19.1 Å². The van der Waals surface area contributed by atoms with Gasteiger partial charge in [-0.3, -0.25) is 14.4 Å². The number of carbonyl (C=O) groups excluding carboxylic acids is 2. The minimum atomic E-state index is -0.833. The maximum Gasteiger partial charge on any atom is 0.309 e. The maximum atomic E-state index is 12.2. The molecule has 0 bridgehead atoms. The van der Waals surface area contributed by atoms with Crippen LogP contribution < -0.4 is 0 Å². The number of carboxylic acids is 1. The molecule has 1 saturated heterocycles. The third-order valence-corrected chi connectivity index (χ3v) is 4.14. The van der Waals surface area contributed by atoms with Crippen LogP contribution >= 0.6 is 0 Å². The molecule has 1 aliphatic rings. The van der Waals surface area contributed by atoms with Gasteiger partial charge in [0.25, 0.3) is 0 Å². The lowest BCUT2D eigenvalue weighted by Gasteiger charge is -2.26. The standard InChI is InChI=1S/C17H29NO5/c1-5-12(16(22)23-17(2,3)4)8-10-18-11-9-13(15(20)21)6-7-14(18)19/h12-13H,5-11H2,1-4H3,(H,20,21). The third kappa shape index (κ3) is 6.59. The third-order valence-electron chi connectivity index (χ3n) is 4.14. The van der Waals surface area contributed by atoms with Crippen molar-refractivity contribution in [2.75, 3.05) is 13.1 Å². The van der Waals surface area contributed by atoms with E-state index in [1.165, 1.54) is 0 Å². The van der Waals surface area contributed by atoms with Crippen molar-refractivity contribution in [1.29, 1.82) is 0 Å². The first-order valence-electron chi connectivity index (χ1n) is 8.37. The van der Waals surface area contributed by atoms with E-state index in [0.29, 0.717) is 38.8 Å². The van der Waals surface area contributed by atoms with Crippen molar-refractivity contribution in [1.82, 2.24) is 4.90 Å². The number of likely N-dealkylation sites (tertiary alicyclic amines) is 1. The summed E-state index contributed by atoms with van der Waals surface area (Å²) in [6, 6.07) is 0. The van der Waals surface area contributed by atoms with Gasteiger partial charge in [-0.1, -0.05) is 6.92 Å². The molecule has 0 spiro atoms. The Balaban J connectivity index is 2.55. The van der Waals surface area contributed by atoms with Crippen LogP contribution in [0.1, 0.15) is 59.8 Å². The number of carbonyl (C=O) groups is 3. The summed E-state index contributed by atoms with van der Waals surface area (Å²) < 4.78 is 5.41. The average molecular weight is 327 g/mol. The van der Waals surface area contributed by atoms with E-state index in [4.69, 9.17) is 9.84 Å². The number of carboxylic acid groups (broad SMARTS) is 1. The van der Waals surface area contributed by atoms with E-state index in [9.17, 15) is 14.4 Å². The van der Waals surface area contributed by atoms with Crippen LogP contribution in [-0.4, -0.2) is 46.5 Å². The molecule has 0 aliphatic carbocycles. The molecule has 0 aromatic rings. The quantitative estimate of drug-likeness (QED) is 0.758. The second kappa shape index (κ2) is 8.31. The number of amides is 1. The fourth-order valence-electron chi connectivity index (χ4n) is 2.71. The fraction of sp³-hybridized carbons (Fsp3) is 0.824. The number of hydrogen-bond acceptors (Lipinski definition) is 4. The van der Waals surface area contributed by atoms with Crippen LogP contribution in [0.5, 0.6) is 0 Å². The van der Waals surface area contributed by atoms with Crippen molar-refractivity contribution in [2.45, 2.75) is 65.4 Å². The van der Waals surface area contributed by atoms with E-state index in [1.807, 2.05) is 27.7 Å². The molecule has 1 fully saturated rings. The summed E-state index contributed by atoms with van der Waals surface area (Å²) in [4.78, 5) is 37.0. The van der Waals surface area contributed by atoms with Gasteiger partial charge in [0.1, 0.15) is 5.60 Å². The highest BCUT2D eigenvalue weighted by atomic mass is 16.6. The predicted octanol–water partition coefficient (Wildman–Crippen LogP) is 2.46. The Hall–Kier alpha value is -1.59. The van der Waals surface area contributed by atoms with E-state index < -0.39 is 17.5 Å². The van der Waals surface area contributed by atoms with Gasteiger partial charge in [-0.2, -0.15) is 0 Å². The number of esters is 1. The van der Waals surface area contributed by atoms with Crippen LogP contribution in [0.3, 0.4) is 0 Å². The number of aliphatic carboxylic acids is 1. The zero-order valence-electron chi connectivity index (χ0n) is 14.6. The maximum absolute atomic E-state index is 12.2. The Morgan fingerprint density at radius 3 is 2.52 bits per heavy atom. The molecule has 1 rings (SSSR count). The second-order valence-corrected chi connectivity index (χ2v) is 7.17. The van der Waals surface area contributed by atoms with Crippen molar-refractivity contribution < 1.29 is 24.2 Å². The van der Waals surface area contributed by atoms with Crippen LogP contribution in [0.25, 0.3) is 0 Å². The second-order valence-electron chi connectivity index (χ2n) is 7.17. The zero-order chi connectivity index (χ0) is 17.6. The highest BCUT2D eigenvalue weighted by Gasteiger charge is 2.28. The topological polar surface area (TPSA) is 83.9 Å². The van der Waals surface area contributed by atoms with Gasteiger partial charge in [0, 0.05) is 19.5 Å². The largest absolute Gasteiger partial charge is 0.481 e. The molecule has 6 nitrogen and oxygen atoms in total. The van der Waals surface area contributed by atoms with Gasteiger partial charge < -0.3 is 14.7 Å². The van der Waals surface area contributed by atoms with Crippen LogP contribution in [0.4, 0.5) is 0 Å². The van der Waals surface area contributed by atoms with Crippen molar-refractivity contribution in [2.24, 2.45) is 11.8 Å². The van der Waals surface area contributed by atoms with Gasteiger partial charge in [0.15, 0.2) is 0 Å². The first kappa shape index (κ1) is 19.5. The van der Waals surface area contributed by atoms with E-state index in [1.54, 1.807) is 4.90 Å². The summed E-state index contributed by atoms with van der Waals surface area (Å²) in [5, 5.41) is 9.08. The smallest absolute Gasteiger partial charge is 0.309 e. The Labute approximate surface area is 138 Å². The molecule has 6 heteroatoms. The highest BCUT2D eigenvalue weighted by molar-refractivity contribution is 5.78. The number of hydrogen-bond donors (Lipinski definition) is 1. The Kier molecular flexibility index (Phi) is 7.03. The van der Waals surface area contributed by atoms with Gasteiger partial charge in [-0.15, -0.1) is 0 Å². The number of ether oxygens (including phenoxy) is 1. The molecule has 0 aromatic carbocycles. The number of nitrogens with zero attached hydrogens (tertiary/aromatic N) is 1. The molecule has 1 N–H and O–H groups in total. The molecule has 1 amide bonds. The fourth-order valence-corrected chi connectivity index (χ4v) is 2.71. The molecule has 23 heavy (non-hydrogen) atoms. The summed E-state index contributed by atoms with van der Waals surface area (Å²) in [6.45, 7) is 8.36. The Morgan fingerprint density at radius 1 is 1.35 bits per heavy atom. The van der Waals surface area contributed by atoms with Gasteiger partial charge >= 0.3 is 11.9 Å². The average Bonchev–Trinajstić information content (AvgIpc) is 2.60. The van der Waals surface area contributed by atoms with E-state index >= 15 is 0 Å². The first-order chi connectivity index (χ1) is 10.6. The highest BCUT2D eigenvalue weighted by Crippen LogP contribution is 2.21. The summed E-state index contributed by atoms with van der Waals surface area (Å²) in [5.41, 5.74) is -0.516. The monoisotopic (exact) mass is 327 g/mol. The minimum Gasteiger partial charge on any atom is -0.481 e. The van der Waals surface area contributed by atoms with Crippen LogP contribution in [0.15, 0.2) is 0 Å². The molecule has 132 valence electrons. The van der Waals surface area contributed by atoms with Crippen molar-refractivity contribution >= 4 is 17.8 Å². The van der Waals surface area contributed by atoms with E-state index in [2.05, 4.69) is 0 Å². The van der Waals surface area contributed by atoms with Gasteiger partial charge in [-0.25, -0.2) is 0 Å². The molecule has 0 aromatic heterocycles. The van der Waals surface area contributed by atoms with Gasteiger partial charge in [0.2, 0.25) is 5.91 Å². The lowest BCUT2D eigenvalue weighted by molar-refractivity contribution is -0.160. The lowest BCUT2D eigenvalue weighted by Crippen LogP contribution is -2.35. The first-order valence-corrected chi connectivity index (χ1v) is 8.37. The minimum absolute atomic E-state index is 0.0206. The molecular formula is C17H29NO5. The summed E-state index contributed by atoms with van der Waals surface area (Å²) in [5.74, 6) is -1.77. The van der Waals surface area contributed by atoms with Crippen molar-refractivity contribution in [3.05, 3.63) is 0 Å². The number of rotatable bonds is 6. The molecule has 1 aliphatic heterocycles. The molecule has 2 atom stereocenters. The van der Waals surface area contributed by atoms with Crippen LogP contribution in [0.2, 0.25) is 0 Å². The summed E-state index contributed by atoms with van der Waals surface area (Å²) >= 11 is 0. The van der Waals surface area contributed by atoms with E-state index in [-0.39, 0.29) is 24.2 Å². The van der Waals surface area contributed by atoms with Crippen molar-refractivity contribution in [3.63, 3.8) is 0 Å². The Morgan fingerprint density at radius 2 is 2.00 bits per heavy atom. The van der Waals surface area contributed by atoms with Gasteiger partial charge in [-0.05, 0) is 46.5 Å². The summed E-state index contributed by atoms with van der Waals surface area (Å²) in [7, 11) is 0. The molecule has 2 unspecified atom stereocenters. The Bertz CT molecular complexity index is 441. The van der Waals surface area contributed by atoms with Gasteiger partial charge in [0.05, 0.1) is 11.8 Å². The molecule has 0 radical (unpaired) electrons. The van der Waals surface area contributed by atoms with Crippen LogP contribution in [0, 0.1) is 11.8 Å². The molecule has 1 heterocycles. The van der Waals surface area contributed by atoms with E-state index in [0.717, 1.165) is 0 Å². The SMILES string of the molecule is CCC(CCN1CCC(C(=O)O)CCC1=O)C(=O)OC(C)(C)C. The molecule has 0 saturated carbocycles. The van der Waals surface area contributed by atoms with Crippen molar-refractivity contribution in [3.8, 4) is 0 Å². The summed E-state index contributed by atoms with van der Waals surface area (Å²) in [6.07, 6.45) is 2.35. The molecular weight excluding hydrogens is 298 g/mol.